The Morgan fingerprint density at radius 3 is 2.56 bits per heavy atom. The van der Waals surface area contributed by atoms with Gasteiger partial charge in [0.15, 0.2) is 0 Å². The molecule has 2 rings (SSSR count). The molecule has 0 fully saturated rings. The summed E-state index contributed by atoms with van der Waals surface area (Å²) in [4.78, 5) is 0. The number of ether oxygens (including phenoxy) is 1. The number of nitrogen functional groups attached to an aromatic ring is 1. The summed E-state index contributed by atoms with van der Waals surface area (Å²) in [5, 5.41) is 7.43. The van der Waals surface area contributed by atoms with Gasteiger partial charge < -0.3 is 10.5 Å². The van der Waals surface area contributed by atoms with Crippen LogP contribution in [0.5, 0.6) is 11.5 Å². The lowest BCUT2D eigenvalue weighted by Gasteiger charge is -2.10. The van der Waals surface area contributed by atoms with E-state index in [0.29, 0.717) is 0 Å². The molecule has 0 spiro atoms. The van der Waals surface area contributed by atoms with Crippen LogP contribution in [-0.4, -0.2) is 5.84 Å². The Bertz CT molecular complexity index is 596. The van der Waals surface area contributed by atoms with Crippen LogP contribution in [0.4, 0.5) is 0 Å². The number of benzene rings is 2. The third kappa shape index (κ3) is 2.71. The number of para-hydroxylation sites is 1. The predicted molar refractivity (Wildman–Crippen MR) is 76.4 cm³/mol. The molecule has 0 unspecified atom stereocenters. The number of aryl methyl sites for hydroxylation is 1. The Balaban J connectivity index is 2.29. The lowest BCUT2D eigenvalue weighted by molar-refractivity contribution is 0.479. The lowest BCUT2D eigenvalue weighted by Crippen LogP contribution is -2.12. The number of halogens is 1. The van der Waals surface area contributed by atoms with E-state index in [2.05, 4.69) is 15.9 Å². The van der Waals surface area contributed by atoms with E-state index in [9.17, 15) is 0 Å². The molecule has 0 heterocycles. The van der Waals surface area contributed by atoms with Crippen molar-refractivity contribution in [1.82, 2.24) is 0 Å². The zero-order valence-corrected chi connectivity index (χ0v) is 11.5. The average Bonchev–Trinajstić information content (AvgIpc) is 2.32. The summed E-state index contributed by atoms with van der Waals surface area (Å²) < 4.78 is 6.67. The molecule has 18 heavy (non-hydrogen) atoms. The zero-order chi connectivity index (χ0) is 13.1. The standard InChI is InChI=1S/C14H13BrN2O/c1-9-8-10(6-7-11(9)14(16)17)18-13-5-3-2-4-12(13)15/h2-8H,1H3,(H3,16,17). The molecule has 2 aromatic rings. The molecular weight excluding hydrogens is 292 g/mol. The van der Waals surface area contributed by atoms with E-state index in [1.807, 2.05) is 43.3 Å². The second kappa shape index (κ2) is 5.23. The van der Waals surface area contributed by atoms with E-state index < -0.39 is 0 Å². The molecule has 0 aliphatic rings. The van der Waals surface area contributed by atoms with Crippen LogP contribution in [0.3, 0.4) is 0 Å². The molecule has 0 aliphatic carbocycles. The van der Waals surface area contributed by atoms with Crippen LogP contribution in [0.1, 0.15) is 11.1 Å². The largest absolute Gasteiger partial charge is 0.456 e. The molecule has 4 heteroatoms. The Morgan fingerprint density at radius 1 is 1.22 bits per heavy atom. The quantitative estimate of drug-likeness (QED) is 0.668. The van der Waals surface area contributed by atoms with E-state index in [-0.39, 0.29) is 5.84 Å². The summed E-state index contributed by atoms with van der Waals surface area (Å²) in [7, 11) is 0. The minimum atomic E-state index is 0.0694. The number of hydrogen-bond donors (Lipinski definition) is 2. The van der Waals surface area contributed by atoms with Crippen molar-refractivity contribution in [2.24, 2.45) is 5.73 Å². The van der Waals surface area contributed by atoms with E-state index in [1.165, 1.54) is 0 Å². The Labute approximate surface area is 114 Å². The number of nitrogens with one attached hydrogen (secondary N) is 1. The highest BCUT2D eigenvalue weighted by molar-refractivity contribution is 9.10. The summed E-state index contributed by atoms with van der Waals surface area (Å²) in [5.41, 5.74) is 7.13. The van der Waals surface area contributed by atoms with Crippen molar-refractivity contribution in [1.29, 1.82) is 5.41 Å². The second-order valence-electron chi connectivity index (χ2n) is 3.92. The smallest absolute Gasteiger partial charge is 0.141 e. The van der Waals surface area contributed by atoms with Crippen molar-refractivity contribution in [3.63, 3.8) is 0 Å². The van der Waals surface area contributed by atoms with Gasteiger partial charge in [0.05, 0.1) is 4.47 Å². The Hall–Kier alpha value is -1.81. The normalized spacial score (nSPS) is 10.1. The van der Waals surface area contributed by atoms with Crippen molar-refractivity contribution < 1.29 is 4.74 Å². The van der Waals surface area contributed by atoms with Gasteiger partial charge in [-0.05, 0) is 58.7 Å². The van der Waals surface area contributed by atoms with Crippen molar-refractivity contribution in [2.75, 3.05) is 0 Å². The molecule has 0 radical (unpaired) electrons. The van der Waals surface area contributed by atoms with Gasteiger partial charge in [0.1, 0.15) is 17.3 Å². The molecule has 0 atom stereocenters. The van der Waals surface area contributed by atoms with Crippen LogP contribution in [0.25, 0.3) is 0 Å². The first-order valence-electron chi connectivity index (χ1n) is 5.45. The third-order valence-corrected chi connectivity index (χ3v) is 3.21. The number of nitrogens with two attached hydrogens (primary N) is 1. The monoisotopic (exact) mass is 304 g/mol. The molecule has 3 N–H and O–H groups in total. The topological polar surface area (TPSA) is 59.1 Å². The van der Waals surface area contributed by atoms with E-state index >= 15 is 0 Å². The SMILES string of the molecule is Cc1cc(Oc2ccccc2Br)ccc1C(=N)N. The maximum absolute atomic E-state index is 7.43. The second-order valence-corrected chi connectivity index (χ2v) is 4.78. The fourth-order valence-electron chi connectivity index (χ4n) is 1.66. The highest BCUT2D eigenvalue weighted by atomic mass is 79.9. The van der Waals surface area contributed by atoms with Crippen LogP contribution in [-0.2, 0) is 0 Å². The summed E-state index contributed by atoms with van der Waals surface area (Å²) in [6.45, 7) is 1.91. The minimum absolute atomic E-state index is 0.0694. The minimum Gasteiger partial charge on any atom is -0.456 e. The molecule has 0 saturated heterocycles. The molecule has 2 aromatic carbocycles. The zero-order valence-electron chi connectivity index (χ0n) is 9.91. The van der Waals surface area contributed by atoms with Crippen molar-refractivity contribution >= 4 is 21.8 Å². The summed E-state index contributed by atoms with van der Waals surface area (Å²) in [6.07, 6.45) is 0. The van der Waals surface area contributed by atoms with Crippen LogP contribution >= 0.6 is 15.9 Å². The number of amidine groups is 1. The maximum Gasteiger partial charge on any atom is 0.141 e. The predicted octanol–water partition coefficient (Wildman–Crippen LogP) is 3.83. The lowest BCUT2D eigenvalue weighted by atomic mass is 10.1. The van der Waals surface area contributed by atoms with E-state index in [4.69, 9.17) is 15.9 Å². The average molecular weight is 305 g/mol. The third-order valence-electron chi connectivity index (χ3n) is 2.55. The molecule has 0 aliphatic heterocycles. The van der Waals surface area contributed by atoms with Gasteiger partial charge >= 0.3 is 0 Å². The fraction of sp³-hybridized carbons (Fsp3) is 0.0714. The van der Waals surface area contributed by atoms with Gasteiger partial charge in [-0.1, -0.05) is 12.1 Å². The maximum atomic E-state index is 7.43. The van der Waals surface area contributed by atoms with E-state index in [1.54, 1.807) is 6.07 Å². The Kier molecular flexibility index (Phi) is 3.67. The van der Waals surface area contributed by atoms with Crippen LogP contribution < -0.4 is 10.5 Å². The van der Waals surface area contributed by atoms with Crippen molar-refractivity contribution in [3.8, 4) is 11.5 Å². The number of rotatable bonds is 3. The summed E-state index contributed by atoms with van der Waals surface area (Å²) in [5.74, 6) is 1.55. The van der Waals surface area contributed by atoms with Gasteiger partial charge in [0.25, 0.3) is 0 Å². The first-order valence-corrected chi connectivity index (χ1v) is 6.24. The number of hydrogen-bond acceptors (Lipinski definition) is 2. The summed E-state index contributed by atoms with van der Waals surface area (Å²) in [6, 6.07) is 13.1. The molecule has 3 nitrogen and oxygen atoms in total. The molecule has 0 bridgehead atoms. The van der Waals surface area contributed by atoms with Gasteiger partial charge in [-0.15, -0.1) is 0 Å². The van der Waals surface area contributed by atoms with Gasteiger partial charge in [-0.2, -0.15) is 0 Å². The van der Waals surface area contributed by atoms with Crippen LogP contribution in [0.15, 0.2) is 46.9 Å². The van der Waals surface area contributed by atoms with Gasteiger partial charge in [-0.3, -0.25) is 5.41 Å². The van der Waals surface area contributed by atoms with Gasteiger partial charge in [0, 0.05) is 5.56 Å². The highest BCUT2D eigenvalue weighted by Gasteiger charge is 2.05. The molecule has 0 saturated carbocycles. The summed E-state index contributed by atoms with van der Waals surface area (Å²) >= 11 is 3.43. The van der Waals surface area contributed by atoms with Crippen molar-refractivity contribution in [2.45, 2.75) is 6.92 Å². The van der Waals surface area contributed by atoms with Gasteiger partial charge in [-0.25, -0.2) is 0 Å². The molecule has 0 aromatic heterocycles. The van der Waals surface area contributed by atoms with Crippen LogP contribution in [0, 0.1) is 12.3 Å². The first kappa shape index (κ1) is 12.6. The fourth-order valence-corrected chi connectivity index (χ4v) is 2.02. The first-order chi connectivity index (χ1) is 8.58. The Morgan fingerprint density at radius 2 is 1.94 bits per heavy atom. The van der Waals surface area contributed by atoms with E-state index in [0.717, 1.165) is 27.1 Å². The van der Waals surface area contributed by atoms with Gasteiger partial charge in [0.2, 0.25) is 0 Å². The van der Waals surface area contributed by atoms with Crippen LogP contribution in [0.2, 0.25) is 0 Å². The molecular formula is C14H13BrN2O. The van der Waals surface area contributed by atoms with Crippen molar-refractivity contribution in [3.05, 3.63) is 58.1 Å². The highest BCUT2D eigenvalue weighted by Crippen LogP contribution is 2.29. The molecule has 0 amide bonds. The molecule has 92 valence electrons.